The summed E-state index contributed by atoms with van der Waals surface area (Å²) in [7, 11) is 0. The fraction of sp³-hybridized carbons (Fsp3) is 0.364. The highest BCUT2D eigenvalue weighted by Crippen LogP contribution is 2.42. The van der Waals surface area contributed by atoms with Crippen LogP contribution in [0.5, 0.6) is 0 Å². The average molecular weight is 369 g/mol. The van der Waals surface area contributed by atoms with Crippen molar-refractivity contribution in [2.24, 2.45) is 0 Å². The molecular formula is C22H24FNO3. The Kier molecular flexibility index (Phi) is 5.59. The van der Waals surface area contributed by atoms with Crippen LogP contribution in [0.4, 0.5) is 10.1 Å². The molecule has 0 unspecified atom stereocenters. The maximum Gasteiger partial charge on any atom is 0.317 e. The summed E-state index contributed by atoms with van der Waals surface area (Å²) in [4.78, 5) is 25.1. The van der Waals surface area contributed by atoms with Crippen LogP contribution >= 0.6 is 0 Å². The van der Waals surface area contributed by atoms with Gasteiger partial charge in [-0.05, 0) is 61.6 Å². The number of esters is 1. The van der Waals surface area contributed by atoms with Crippen molar-refractivity contribution in [1.29, 1.82) is 0 Å². The van der Waals surface area contributed by atoms with E-state index in [1.807, 2.05) is 32.0 Å². The third kappa shape index (κ3) is 4.18. The highest BCUT2D eigenvalue weighted by Gasteiger charge is 2.44. The van der Waals surface area contributed by atoms with Crippen LogP contribution < -0.4 is 5.32 Å². The van der Waals surface area contributed by atoms with Crippen molar-refractivity contribution in [3.8, 4) is 0 Å². The quantitative estimate of drug-likeness (QED) is 0.793. The minimum atomic E-state index is -0.784. The summed E-state index contributed by atoms with van der Waals surface area (Å²) in [5, 5.41) is 2.79. The highest BCUT2D eigenvalue weighted by molar-refractivity contribution is 5.94. The Morgan fingerprint density at radius 1 is 1.07 bits per heavy atom. The van der Waals surface area contributed by atoms with E-state index in [1.165, 1.54) is 12.1 Å². The Balaban J connectivity index is 1.67. The third-order valence-corrected chi connectivity index (χ3v) is 5.25. The predicted molar refractivity (Wildman–Crippen MR) is 102 cm³/mol. The van der Waals surface area contributed by atoms with Gasteiger partial charge in [0.15, 0.2) is 6.61 Å². The first kappa shape index (κ1) is 19.1. The number of hydrogen-bond acceptors (Lipinski definition) is 3. The lowest BCUT2D eigenvalue weighted by Gasteiger charge is -2.27. The molecule has 1 amide bonds. The number of halogens is 1. The largest absolute Gasteiger partial charge is 0.455 e. The van der Waals surface area contributed by atoms with Crippen molar-refractivity contribution in [2.75, 3.05) is 11.9 Å². The average Bonchev–Trinajstić information content (AvgIpc) is 3.14. The second-order valence-corrected chi connectivity index (χ2v) is 7.24. The van der Waals surface area contributed by atoms with E-state index in [0.717, 1.165) is 29.5 Å². The van der Waals surface area contributed by atoms with Gasteiger partial charge in [-0.1, -0.05) is 37.1 Å². The van der Waals surface area contributed by atoms with E-state index in [1.54, 1.807) is 12.1 Å². The van der Waals surface area contributed by atoms with Crippen molar-refractivity contribution >= 4 is 17.6 Å². The van der Waals surface area contributed by atoms with Crippen LogP contribution in [0.2, 0.25) is 0 Å². The first-order chi connectivity index (χ1) is 12.9. The summed E-state index contributed by atoms with van der Waals surface area (Å²) >= 11 is 0. The topological polar surface area (TPSA) is 55.4 Å². The number of aryl methyl sites for hydroxylation is 2. The van der Waals surface area contributed by atoms with E-state index >= 15 is 0 Å². The van der Waals surface area contributed by atoms with E-state index in [-0.39, 0.29) is 18.3 Å². The SMILES string of the molecule is Cc1ccc(C)c(NC(=O)COC(=O)C2(c3ccc(F)cc3)CCCC2)c1. The molecule has 1 aliphatic carbocycles. The molecule has 0 atom stereocenters. The Bertz CT molecular complexity index is 839. The number of ether oxygens (including phenoxy) is 1. The number of nitrogens with one attached hydrogen (secondary N) is 1. The Hall–Kier alpha value is -2.69. The van der Waals surface area contributed by atoms with Crippen molar-refractivity contribution < 1.29 is 18.7 Å². The van der Waals surface area contributed by atoms with E-state index in [9.17, 15) is 14.0 Å². The number of anilines is 1. The van der Waals surface area contributed by atoms with Gasteiger partial charge in [0.25, 0.3) is 5.91 Å². The molecule has 142 valence electrons. The van der Waals surface area contributed by atoms with Gasteiger partial charge >= 0.3 is 5.97 Å². The number of carbonyl (C=O) groups excluding carboxylic acids is 2. The number of hydrogen-bond donors (Lipinski definition) is 1. The predicted octanol–water partition coefficient (Wildman–Crippen LogP) is 4.44. The lowest BCUT2D eigenvalue weighted by molar-refractivity contribution is -0.153. The van der Waals surface area contributed by atoms with Gasteiger partial charge in [-0.2, -0.15) is 0 Å². The summed E-state index contributed by atoms with van der Waals surface area (Å²) in [6, 6.07) is 11.8. The molecular weight excluding hydrogens is 345 g/mol. The van der Waals surface area contributed by atoms with Crippen LogP contribution in [-0.4, -0.2) is 18.5 Å². The molecule has 0 saturated heterocycles. The van der Waals surface area contributed by atoms with Crippen molar-refractivity contribution in [3.63, 3.8) is 0 Å². The number of amides is 1. The minimum Gasteiger partial charge on any atom is -0.455 e. The molecule has 1 N–H and O–H groups in total. The molecule has 0 bridgehead atoms. The summed E-state index contributed by atoms with van der Waals surface area (Å²) < 4.78 is 18.6. The standard InChI is InChI=1S/C22H24FNO3/c1-15-5-6-16(2)19(13-15)24-20(25)14-27-21(26)22(11-3-4-12-22)17-7-9-18(23)10-8-17/h5-10,13H,3-4,11-12,14H2,1-2H3,(H,24,25). The molecule has 0 heterocycles. The maximum absolute atomic E-state index is 13.3. The molecule has 1 saturated carbocycles. The Morgan fingerprint density at radius 2 is 1.74 bits per heavy atom. The van der Waals surface area contributed by atoms with Gasteiger partial charge in [0.1, 0.15) is 5.82 Å². The van der Waals surface area contributed by atoms with Gasteiger partial charge in [0.2, 0.25) is 0 Å². The fourth-order valence-corrected chi connectivity index (χ4v) is 3.68. The monoisotopic (exact) mass is 369 g/mol. The van der Waals surface area contributed by atoms with Crippen LogP contribution in [0.3, 0.4) is 0 Å². The van der Waals surface area contributed by atoms with E-state index in [2.05, 4.69) is 5.32 Å². The van der Waals surface area contributed by atoms with Crippen LogP contribution in [0.25, 0.3) is 0 Å². The normalized spacial score (nSPS) is 15.4. The molecule has 1 aliphatic rings. The first-order valence-corrected chi connectivity index (χ1v) is 9.21. The van der Waals surface area contributed by atoms with Crippen LogP contribution in [0.15, 0.2) is 42.5 Å². The molecule has 0 spiro atoms. The Labute approximate surface area is 158 Å². The van der Waals surface area contributed by atoms with Gasteiger partial charge in [-0.25, -0.2) is 4.39 Å². The van der Waals surface area contributed by atoms with Crippen molar-refractivity contribution in [2.45, 2.75) is 44.9 Å². The van der Waals surface area contributed by atoms with Gasteiger partial charge in [-0.15, -0.1) is 0 Å². The fourth-order valence-electron chi connectivity index (χ4n) is 3.68. The first-order valence-electron chi connectivity index (χ1n) is 9.21. The Morgan fingerprint density at radius 3 is 2.41 bits per heavy atom. The van der Waals surface area contributed by atoms with Gasteiger partial charge < -0.3 is 10.1 Å². The van der Waals surface area contributed by atoms with Gasteiger partial charge in [0.05, 0.1) is 5.41 Å². The molecule has 0 radical (unpaired) electrons. The van der Waals surface area contributed by atoms with Crippen molar-refractivity contribution in [3.05, 3.63) is 65.0 Å². The molecule has 0 aliphatic heterocycles. The van der Waals surface area contributed by atoms with Gasteiger partial charge in [0, 0.05) is 5.69 Å². The lowest BCUT2D eigenvalue weighted by Crippen LogP contribution is -2.36. The smallest absolute Gasteiger partial charge is 0.317 e. The summed E-state index contributed by atoms with van der Waals surface area (Å²) in [6.07, 6.45) is 3.11. The zero-order chi connectivity index (χ0) is 19.4. The van der Waals surface area contributed by atoms with Crippen LogP contribution in [0.1, 0.15) is 42.4 Å². The second-order valence-electron chi connectivity index (χ2n) is 7.24. The number of rotatable bonds is 5. The molecule has 3 rings (SSSR count). The zero-order valence-corrected chi connectivity index (χ0v) is 15.7. The molecule has 1 fully saturated rings. The molecule has 0 aromatic heterocycles. The number of benzene rings is 2. The number of carbonyl (C=O) groups is 2. The van der Waals surface area contributed by atoms with E-state index in [4.69, 9.17) is 4.74 Å². The molecule has 2 aromatic carbocycles. The molecule has 5 heteroatoms. The second kappa shape index (κ2) is 7.91. The van der Waals surface area contributed by atoms with Gasteiger partial charge in [-0.3, -0.25) is 9.59 Å². The minimum absolute atomic E-state index is 0.338. The summed E-state index contributed by atoms with van der Waals surface area (Å²) in [6.45, 7) is 3.51. The third-order valence-electron chi connectivity index (χ3n) is 5.25. The highest BCUT2D eigenvalue weighted by atomic mass is 19.1. The van der Waals surface area contributed by atoms with Crippen LogP contribution in [0, 0.1) is 19.7 Å². The summed E-state index contributed by atoms with van der Waals surface area (Å²) in [5.41, 5.74) is 2.66. The molecule has 4 nitrogen and oxygen atoms in total. The maximum atomic E-state index is 13.3. The van der Waals surface area contributed by atoms with Crippen molar-refractivity contribution in [1.82, 2.24) is 0 Å². The summed E-state index contributed by atoms with van der Waals surface area (Å²) in [5.74, 6) is -1.12. The van der Waals surface area contributed by atoms with E-state index in [0.29, 0.717) is 18.5 Å². The van der Waals surface area contributed by atoms with Crippen LogP contribution in [-0.2, 0) is 19.7 Å². The zero-order valence-electron chi connectivity index (χ0n) is 15.7. The van der Waals surface area contributed by atoms with E-state index < -0.39 is 11.4 Å². The lowest BCUT2D eigenvalue weighted by atomic mass is 9.79. The molecule has 27 heavy (non-hydrogen) atoms. The molecule has 2 aromatic rings.